The van der Waals surface area contributed by atoms with Crippen LogP contribution in [0.2, 0.25) is 0 Å². The van der Waals surface area contributed by atoms with Gasteiger partial charge in [-0.2, -0.15) is 0 Å². The Labute approximate surface area is 128 Å². The van der Waals surface area contributed by atoms with Crippen LogP contribution in [0, 0.1) is 5.82 Å². The number of fused-ring (bicyclic) bond motifs is 1. The number of rotatable bonds is 4. The van der Waals surface area contributed by atoms with Crippen LogP contribution in [0.4, 0.5) is 10.1 Å². The largest absolute Gasteiger partial charge is 0.371 e. The first-order chi connectivity index (χ1) is 10.7. The summed E-state index contributed by atoms with van der Waals surface area (Å²) in [5, 5.41) is 1.02. The molecule has 3 heterocycles. The summed E-state index contributed by atoms with van der Waals surface area (Å²) in [6, 6.07) is 5.53. The Morgan fingerprint density at radius 1 is 1.05 bits per heavy atom. The van der Waals surface area contributed by atoms with E-state index in [9.17, 15) is 4.39 Å². The van der Waals surface area contributed by atoms with E-state index < -0.39 is 0 Å². The van der Waals surface area contributed by atoms with Crippen molar-refractivity contribution in [1.82, 2.24) is 15.0 Å². The van der Waals surface area contributed by atoms with Crippen molar-refractivity contribution in [1.29, 1.82) is 0 Å². The first-order valence-electron chi connectivity index (χ1n) is 7.34. The fourth-order valence-corrected chi connectivity index (χ4v) is 2.61. The fourth-order valence-electron chi connectivity index (χ4n) is 2.61. The van der Waals surface area contributed by atoms with Crippen LogP contribution in [0.3, 0.4) is 0 Å². The average molecular weight is 296 g/mol. The van der Waals surface area contributed by atoms with E-state index in [1.165, 1.54) is 6.20 Å². The van der Waals surface area contributed by atoms with Crippen molar-refractivity contribution in [3.63, 3.8) is 0 Å². The second kappa shape index (κ2) is 6.05. The van der Waals surface area contributed by atoms with Crippen LogP contribution in [-0.4, -0.2) is 28.0 Å². The predicted octanol–water partition coefficient (Wildman–Crippen LogP) is 3.68. The zero-order chi connectivity index (χ0) is 15.5. The molecule has 0 spiro atoms. The first-order valence-corrected chi connectivity index (χ1v) is 7.34. The second-order valence-corrected chi connectivity index (χ2v) is 4.95. The molecule has 112 valence electrons. The number of aromatic nitrogens is 3. The predicted molar refractivity (Wildman–Crippen MR) is 86.3 cm³/mol. The van der Waals surface area contributed by atoms with Crippen LogP contribution in [0.1, 0.15) is 13.8 Å². The number of halogens is 1. The quantitative estimate of drug-likeness (QED) is 0.736. The topological polar surface area (TPSA) is 41.9 Å². The zero-order valence-electron chi connectivity index (χ0n) is 12.6. The maximum atomic E-state index is 14.0. The molecule has 22 heavy (non-hydrogen) atoms. The van der Waals surface area contributed by atoms with Gasteiger partial charge in [-0.05, 0) is 32.0 Å². The molecule has 4 nitrogen and oxygen atoms in total. The maximum Gasteiger partial charge on any atom is 0.150 e. The molecule has 0 aromatic carbocycles. The van der Waals surface area contributed by atoms with Crippen molar-refractivity contribution < 1.29 is 4.39 Å². The van der Waals surface area contributed by atoms with Gasteiger partial charge in [-0.15, -0.1) is 0 Å². The highest BCUT2D eigenvalue weighted by Gasteiger charge is 2.13. The Morgan fingerprint density at radius 3 is 2.50 bits per heavy atom. The van der Waals surface area contributed by atoms with Gasteiger partial charge in [-0.25, -0.2) is 9.37 Å². The molecule has 0 aliphatic rings. The van der Waals surface area contributed by atoms with E-state index >= 15 is 0 Å². The van der Waals surface area contributed by atoms with E-state index in [1.807, 2.05) is 12.1 Å². The number of pyridine rings is 3. The number of nitrogens with zero attached hydrogens (tertiary/aromatic N) is 4. The van der Waals surface area contributed by atoms with Crippen LogP contribution in [0.5, 0.6) is 0 Å². The summed E-state index contributed by atoms with van der Waals surface area (Å²) in [5.41, 5.74) is 2.86. The second-order valence-electron chi connectivity index (χ2n) is 4.95. The van der Waals surface area contributed by atoms with Crippen LogP contribution in [-0.2, 0) is 0 Å². The van der Waals surface area contributed by atoms with E-state index in [-0.39, 0.29) is 5.82 Å². The van der Waals surface area contributed by atoms with Crippen molar-refractivity contribution in [3.05, 3.63) is 48.8 Å². The standard InChI is InChI=1S/C17H17FN4/c1-3-22(4-2)17-9-15(12-5-7-19-10-14(12)18)21-16-11-20-8-6-13(16)17/h5-11H,3-4H2,1-2H3. The van der Waals surface area contributed by atoms with Gasteiger partial charge in [0, 0.05) is 42.1 Å². The Kier molecular flexibility index (Phi) is 3.96. The van der Waals surface area contributed by atoms with Crippen molar-refractivity contribution in [2.24, 2.45) is 0 Å². The van der Waals surface area contributed by atoms with Crippen molar-refractivity contribution in [2.75, 3.05) is 18.0 Å². The monoisotopic (exact) mass is 296 g/mol. The summed E-state index contributed by atoms with van der Waals surface area (Å²) in [6.07, 6.45) is 6.25. The minimum atomic E-state index is -0.372. The molecule has 0 fully saturated rings. The molecule has 0 aliphatic heterocycles. The molecule has 0 radical (unpaired) electrons. The lowest BCUT2D eigenvalue weighted by atomic mass is 10.1. The van der Waals surface area contributed by atoms with Crippen molar-refractivity contribution in [3.8, 4) is 11.3 Å². The molecule has 0 N–H and O–H groups in total. The molecule has 3 rings (SSSR count). The highest BCUT2D eigenvalue weighted by molar-refractivity contribution is 5.93. The third-order valence-corrected chi connectivity index (χ3v) is 3.74. The summed E-state index contributed by atoms with van der Waals surface area (Å²) < 4.78 is 14.0. The fraction of sp³-hybridized carbons (Fsp3) is 0.235. The smallest absolute Gasteiger partial charge is 0.150 e. The molecule has 0 saturated carbocycles. The minimum absolute atomic E-state index is 0.372. The van der Waals surface area contributed by atoms with E-state index in [0.717, 1.165) is 29.7 Å². The molecule has 3 aromatic heterocycles. The molecule has 0 saturated heterocycles. The SMILES string of the molecule is CCN(CC)c1cc(-c2ccncc2F)nc2cnccc12. The molecule has 5 heteroatoms. The number of hydrogen-bond acceptors (Lipinski definition) is 4. The number of hydrogen-bond donors (Lipinski definition) is 0. The Bertz CT molecular complexity index is 800. The van der Waals surface area contributed by atoms with Crippen LogP contribution >= 0.6 is 0 Å². The number of anilines is 1. The van der Waals surface area contributed by atoms with Gasteiger partial charge in [0.2, 0.25) is 0 Å². The zero-order valence-corrected chi connectivity index (χ0v) is 12.6. The minimum Gasteiger partial charge on any atom is -0.371 e. The first kappa shape index (κ1) is 14.4. The molecule has 0 unspecified atom stereocenters. The Balaban J connectivity index is 2.27. The molecule has 3 aromatic rings. The summed E-state index contributed by atoms with van der Waals surface area (Å²) in [4.78, 5) is 14.7. The van der Waals surface area contributed by atoms with E-state index in [4.69, 9.17) is 0 Å². The van der Waals surface area contributed by atoms with Gasteiger partial charge in [0.1, 0.15) is 0 Å². The third-order valence-electron chi connectivity index (χ3n) is 3.74. The summed E-state index contributed by atoms with van der Waals surface area (Å²) >= 11 is 0. The molecule has 0 atom stereocenters. The van der Waals surface area contributed by atoms with E-state index in [1.54, 1.807) is 24.7 Å². The molecule has 0 aliphatic carbocycles. The van der Waals surface area contributed by atoms with Gasteiger partial charge < -0.3 is 4.90 Å². The highest BCUT2D eigenvalue weighted by Crippen LogP contribution is 2.31. The van der Waals surface area contributed by atoms with Gasteiger partial charge in [-0.3, -0.25) is 9.97 Å². The van der Waals surface area contributed by atoms with Crippen LogP contribution < -0.4 is 4.90 Å². The molecule has 0 bridgehead atoms. The van der Waals surface area contributed by atoms with Crippen molar-refractivity contribution >= 4 is 16.6 Å². The van der Waals surface area contributed by atoms with Gasteiger partial charge in [0.05, 0.1) is 23.6 Å². The molecule has 0 amide bonds. The normalized spacial score (nSPS) is 10.9. The highest BCUT2D eigenvalue weighted by atomic mass is 19.1. The summed E-state index contributed by atoms with van der Waals surface area (Å²) in [5.74, 6) is -0.372. The Morgan fingerprint density at radius 2 is 1.77 bits per heavy atom. The van der Waals surface area contributed by atoms with Gasteiger partial charge >= 0.3 is 0 Å². The maximum absolute atomic E-state index is 14.0. The summed E-state index contributed by atoms with van der Waals surface area (Å²) in [6.45, 7) is 5.94. The molecular formula is C17H17FN4. The lowest BCUT2D eigenvalue weighted by Gasteiger charge is -2.23. The van der Waals surface area contributed by atoms with Gasteiger partial charge in [-0.1, -0.05) is 0 Å². The molecular weight excluding hydrogens is 279 g/mol. The van der Waals surface area contributed by atoms with Crippen molar-refractivity contribution in [2.45, 2.75) is 13.8 Å². The van der Waals surface area contributed by atoms with E-state index in [0.29, 0.717) is 11.3 Å². The lowest BCUT2D eigenvalue weighted by molar-refractivity contribution is 0.624. The summed E-state index contributed by atoms with van der Waals surface area (Å²) in [7, 11) is 0. The Hall–Kier alpha value is -2.56. The average Bonchev–Trinajstić information content (AvgIpc) is 2.56. The van der Waals surface area contributed by atoms with E-state index in [2.05, 4.69) is 33.7 Å². The third kappa shape index (κ3) is 2.50. The van der Waals surface area contributed by atoms with Crippen LogP contribution in [0.15, 0.2) is 43.0 Å². The van der Waals surface area contributed by atoms with Crippen LogP contribution in [0.25, 0.3) is 22.2 Å². The van der Waals surface area contributed by atoms with Gasteiger partial charge in [0.25, 0.3) is 0 Å². The lowest BCUT2D eigenvalue weighted by Crippen LogP contribution is -2.22. The van der Waals surface area contributed by atoms with Gasteiger partial charge in [0.15, 0.2) is 5.82 Å².